The van der Waals surface area contributed by atoms with Gasteiger partial charge in [-0.2, -0.15) is 0 Å². The summed E-state index contributed by atoms with van der Waals surface area (Å²) in [5.74, 6) is 1.21. The second-order valence-corrected chi connectivity index (χ2v) is 2.95. The van der Waals surface area contributed by atoms with Crippen LogP contribution in [0.15, 0.2) is 10.5 Å². The molecular formula is C9H12ClNO2. The van der Waals surface area contributed by atoms with E-state index in [4.69, 9.17) is 16.0 Å². The summed E-state index contributed by atoms with van der Waals surface area (Å²) in [4.78, 5) is 11.3. The highest BCUT2D eigenvalue weighted by Crippen LogP contribution is 2.16. The first-order valence-corrected chi connectivity index (χ1v) is 4.66. The average molecular weight is 202 g/mol. The van der Waals surface area contributed by atoms with E-state index in [1.54, 1.807) is 13.0 Å². The largest absolute Gasteiger partial charge is 0.456 e. The Labute approximate surface area is 82.1 Å². The monoisotopic (exact) mass is 201 g/mol. The standard InChI is InChI=1S/C9H12ClNO2/c1-3-11-9(12)8-4-7(5-10)6(2)13-8/h4H,3,5H2,1-2H3,(H,11,12). The van der Waals surface area contributed by atoms with Crippen LogP contribution in [0.4, 0.5) is 0 Å². The molecule has 0 aliphatic carbocycles. The lowest BCUT2D eigenvalue weighted by molar-refractivity contribution is 0.0927. The van der Waals surface area contributed by atoms with Crippen molar-refractivity contribution >= 4 is 17.5 Å². The SMILES string of the molecule is CCNC(=O)c1cc(CCl)c(C)o1. The van der Waals surface area contributed by atoms with E-state index in [2.05, 4.69) is 5.32 Å². The summed E-state index contributed by atoms with van der Waals surface area (Å²) < 4.78 is 5.22. The van der Waals surface area contributed by atoms with Gasteiger partial charge in [0.25, 0.3) is 5.91 Å². The maximum Gasteiger partial charge on any atom is 0.286 e. The lowest BCUT2D eigenvalue weighted by Crippen LogP contribution is -2.21. The van der Waals surface area contributed by atoms with Gasteiger partial charge >= 0.3 is 0 Å². The molecule has 72 valence electrons. The van der Waals surface area contributed by atoms with Crippen LogP contribution in [-0.2, 0) is 5.88 Å². The summed E-state index contributed by atoms with van der Waals surface area (Å²) in [5.41, 5.74) is 0.864. The van der Waals surface area contributed by atoms with Gasteiger partial charge < -0.3 is 9.73 Å². The van der Waals surface area contributed by atoms with E-state index >= 15 is 0 Å². The van der Waals surface area contributed by atoms with Crippen molar-refractivity contribution in [3.05, 3.63) is 23.2 Å². The molecule has 0 fully saturated rings. The van der Waals surface area contributed by atoms with Crippen molar-refractivity contribution in [3.63, 3.8) is 0 Å². The molecule has 0 saturated carbocycles. The smallest absolute Gasteiger partial charge is 0.286 e. The summed E-state index contributed by atoms with van der Waals surface area (Å²) in [6.45, 7) is 4.24. The summed E-state index contributed by atoms with van der Waals surface area (Å²) in [5, 5.41) is 2.65. The highest BCUT2D eigenvalue weighted by Gasteiger charge is 2.12. The van der Waals surface area contributed by atoms with Crippen LogP contribution in [0.2, 0.25) is 0 Å². The number of rotatable bonds is 3. The fraction of sp³-hybridized carbons (Fsp3) is 0.444. The van der Waals surface area contributed by atoms with E-state index in [1.807, 2.05) is 6.92 Å². The van der Waals surface area contributed by atoms with Crippen LogP contribution in [0.25, 0.3) is 0 Å². The molecule has 0 aliphatic rings. The topological polar surface area (TPSA) is 42.2 Å². The highest BCUT2D eigenvalue weighted by atomic mass is 35.5. The molecule has 1 aromatic heterocycles. The van der Waals surface area contributed by atoms with E-state index in [0.29, 0.717) is 23.9 Å². The third-order valence-electron chi connectivity index (χ3n) is 1.73. The Morgan fingerprint density at radius 1 is 1.69 bits per heavy atom. The number of alkyl halides is 1. The number of nitrogens with one attached hydrogen (secondary N) is 1. The Bertz CT molecular complexity index is 307. The van der Waals surface area contributed by atoms with Gasteiger partial charge in [-0.15, -0.1) is 11.6 Å². The number of aryl methyl sites for hydroxylation is 1. The maximum absolute atomic E-state index is 11.3. The molecule has 0 aliphatic heterocycles. The van der Waals surface area contributed by atoms with Crippen molar-refractivity contribution in [2.45, 2.75) is 19.7 Å². The highest BCUT2D eigenvalue weighted by molar-refractivity contribution is 6.17. The van der Waals surface area contributed by atoms with Crippen LogP contribution in [-0.4, -0.2) is 12.5 Å². The second kappa shape index (κ2) is 4.33. The zero-order valence-electron chi connectivity index (χ0n) is 7.69. The first-order valence-electron chi connectivity index (χ1n) is 4.12. The van der Waals surface area contributed by atoms with Crippen LogP contribution in [0.5, 0.6) is 0 Å². The predicted molar refractivity (Wildman–Crippen MR) is 51.0 cm³/mol. The van der Waals surface area contributed by atoms with Crippen molar-refractivity contribution in [3.8, 4) is 0 Å². The molecule has 4 heteroatoms. The maximum atomic E-state index is 11.3. The number of hydrogen-bond donors (Lipinski definition) is 1. The summed E-state index contributed by atoms with van der Waals surface area (Å²) in [6, 6.07) is 1.67. The van der Waals surface area contributed by atoms with Crippen LogP contribution in [0.1, 0.15) is 28.8 Å². The van der Waals surface area contributed by atoms with Crippen LogP contribution in [0.3, 0.4) is 0 Å². The van der Waals surface area contributed by atoms with Gasteiger partial charge in [0.1, 0.15) is 5.76 Å². The third kappa shape index (κ3) is 2.25. The van der Waals surface area contributed by atoms with Gasteiger partial charge in [-0.25, -0.2) is 0 Å². The van der Waals surface area contributed by atoms with Crippen molar-refractivity contribution in [1.82, 2.24) is 5.32 Å². The molecule has 0 saturated heterocycles. The average Bonchev–Trinajstić information content (AvgIpc) is 2.47. The molecule has 0 bridgehead atoms. The minimum absolute atomic E-state index is 0.193. The van der Waals surface area contributed by atoms with E-state index < -0.39 is 0 Å². The molecule has 1 heterocycles. The number of carbonyl (C=O) groups is 1. The minimum atomic E-state index is -0.193. The zero-order valence-corrected chi connectivity index (χ0v) is 8.44. The van der Waals surface area contributed by atoms with Crippen molar-refractivity contribution in [2.75, 3.05) is 6.54 Å². The Hall–Kier alpha value is -0.960. The van der Waals surface area contributed by atoms with Crippen molar-refractivity contribution in [1.29, 1.82) is 0 Å². The van der Waals surface area contributed by atoms with Gasteiger partial charge in [0.15, 0.2) is 5.76 Å². The Morgan fingerprint density at radius 3 is 2.85 bits per heavy atom. The molecule has 0 aromatic carbocycles. The summed E-state index contributed by atoms with van der Waals surface area (Å²) >= 11 is 5.64. The number of halogens is 1. The molecule has 0 atom stereocenters. The molecule has 3 nitrogen and oxygen atoms in total. The molecule has 1 rings (SSSR count). The Kier molecular flexibility index (Phi) is 3.37. The molecule has 0 spiro atoms. The fourth-order valence-corrected chi connectivity index (χ4v) is 1.28. The van der Waals surface area contributed by atoms with E-state index in [-0.39, 0.29) is 5.91 Å². The van der Waals surface area contributed by atoms with E-state index in [0.717, 1.165) is 5.56 Å². The number of furan rings is 1. The summed E-state index contributed by atoms with van der Waals surface area (Å²) in [6.07, 6.45) is 0. The van der Waals surface area contributed by atoms with Crippen molar-refractivity contribution < 1.29 is 9.21 Å². The van der Waals surface area contributed by atoms with Gasteiger partial charge in [-0.1, -0.05) is 0 Å². The van der Waals surface area contributed by atoms with Gasteiger partial charge in [-0.3, -0.25) is 4.79 Å². The van der Waals surface area contributed by atoms with Gasteiger partial charge in [0, 0.05) is 12.1 Å². The quantitative estimate of drug-likeness (QED) is 0.761. The normalized spacial score (nSPS) is 10.1. The fourth-order valence-electron chi connectivity index (χ4n) is 1.01. The van der Waals surface area contributed by atoms with E-state index in [1.165, 1.54) is 0 Å². The third-order valence-corrected chi connectivity index (χ3v) is 2.01. The number of carbonyl (C=O) groups excluding carboxylic acids is 1. The van der Waals surface area contributed by atoms with Crippen LogP contribution >= 0.6 is 11.6 Å². The second-order valence-electron chi connectivity index (χ2n) is 2.69. The minimum Gasteiger partial charge on any atom is -0.456 e. The predicted octanol–water partition coefficient (Wildman–Crippen LogP) is 2.08. The molecular weight excluding hydrogens is 190 g/mol. The van der Waals surface area contributed by atoms with Gasteiger partial charge in [-0.05, 0) is 19.9 Å². The molecule has 1 aromatic rings. The Balaban J connectivity index is 2.84. The summed E-state index contributed by atoms with van der Waals surface area (Å²) in [7, 11) is 0. The molecule has 1 amide bonds. The zero-order chi connectivity index (χ0) is 9.84. The first kappa shape index (κ1) is 10.1. The lowest BCUT2D eigenvalue weighted by atomic mass is 10.3. The molecule has 0 radical (unpaired) electrons. The molecule has 1 N–H and O–H groups in total. The lowest BCUT2D eigenvalue weighted by Gasteiger charge is -1.95. The number of hydrogen-bond acceptors (Lipinski definition) is 2. The molecule has 0 unspecified atom stereocenters. The number of amides is 1. The van der Waals surface area contributed by atoms with Gasteiger partial charge in [0.05, 0.1) is 5.88 Å². The molecule has 13 heavy (non-hydrogen) atoms. The van der Waals surface area contributed by atoms with Crippen LogP contribution in [0, 0.1) is 6.92 Å². The first-order chi connectivity index (χ1) is 6.19. The van der Waals surface area contributed by atoms with E-state index in [9.17, 15) is 4.79 Å². The van der Waals surface area contributed by atoms with Crippen LogP contribution < -0.4 is 5.32 Å². The van der Waals surface area contributed by atoms with Gasteiger partial charge in [0.2, 0.25) is 0 Å². The Morgan fingerprint density at radius 2 is 2.38 bits per heavy atom. The van der Waals surface area contributed by atoms with Crippen molar-refractivity contribution in [2.24, 2.45) is 0 Å².